The fourth-order valence-corrected chi connectivity index (χ4v) is 4.21. The third-order valence-corrected chi connectivity index (χ3v) is 5.65. The van der Waals surface area contributed by atoms with Crippen LogP contribution < -0.4 is 0 Å². The zero-order valence-corrected chi connectivity index (χ0v) is 14.6. The van der Waals surface area contributed by atoms with Crippen molar-refractivity contribution in [1.29, 1.82) is 0 Å². The van der Waals surface area contributed by atoms with Crippen molar-refractivity contribution in [1.82, 2.24) is 0 Å². The standard InChI is InChI=1S/C12H20N6O8S/c13-17-15-5-7(21)3(1-19)25-11(9(5)23)27-12-10(24)6(16-18-14)8(22)4(2-20)26-12/h3-12,19-24H,1-2H2/t3?,4?,5-,6?,7-,8+,9?,10+,11-,12+/m0/s1. The molecule has 2 heterocycles. The van der Waals surface area contributed by atoms with E-state index in [0.29, 0.717) is 11.8 Å². The van der Waals surface area contributed by atoms with Gasteiger partial charge in [-0.05, 0) is 11.1 Å². The Balaban J connectivity index is 2.21. The van der Waals surface area contributed by atoms with Gasteiger partial charge in [-0.2, -0.15) is 0 Å². The van der Waals surface area contributed by atoms with E-state index in [1.165, 1.54) is 0 Å². The van der Waals surface area contributed by atoms with E-state index in [0.717, 1.165) is 0 Å². The maximum atomic E-state index is 10.3. The van der Waals surface area contributed by atoms with E-state index in [1.807, 2.05) is 0 Å². The summed E-state index contributed by atoms with van der Waals surface area (Å²) in [5.41, 5.74) is 14.8. The van der Waals surface area contributed by atoms with Crippen molar-refractivity contribution < 1.29 is 40.1 Å². The Morgan fingerprint density at radius 1 is 0.741 bits per heavy atom. The highest BCUT2D eigenvalue weighted by Crippen LogP contribution is 2.37. The average Bonchev–Trinajstić information content (AvgIpc) is 2.66. The Kier molecular flexibility index (Phi) is 7.91. The van der Waals surface area contributed by atoms with Crippen molar-refractivity contribution in [3.8, 4) is 0 Å². The first-order valence-corrected chi connectivity index (χ1v) is 8.82. The first-order chi connectivity index (χ1) is 12.9. The molecule has 4 unspecified atom stereocenters. The molecule has 2 saturated heterocycles. The van der Waals surface area contributed by atoms with Gasteiger partial charge in [0.2, 0.25) is 0 Å². The molecule has 0 spiro atoms. The van der Waals surface area contributed by atoms with E-state index >= 15 is 0 Å². The molecule has 0 saturated carbocycles. The summed E-state index contributed by atoms with van der Waals surface area (Å²) < 4.78 is 10.8. The molecule has 14 nitrogen and oxygen atoms in total. The predicted octanol–water partition coefficient (Wildman–Crippen LogP) is -2.04. The van der Waals surface area contributed by atoms with Crippen LogP contribution in [-0.4, -0.2) is 103 Å². The zero-order chi connectivity index (χ0) is 20.1. The molecule has 0 bridgehead atoms. The van der Waals surface area contributed by atoms with Gasteiger partial charge in [-0.1, -0.05) is 22.0 Å². The number of aliphatic hydroxyl groups excluding tert-OH is 6. The van der Waals surface area contributed by atoms with Gasteiger partial charge in [-0.15, -0.1) is 0 Å². The maximum Gasteiger partial charge on any atom is 0.132 e. The Bertz CT molecular complexity index is 554. The third-order valence-electron chi connectivity index (χ3n) is 4.34. The quantitative estimate of drug-likeness (QED) is 0.161. The summed E-state index contributed by atoms with van der Waals surface area (Å²) in [7, 11) is 0. The summed E-state index contributed by atoms with van der Waals surface area (Å²) in [6.45, 7) is -1.26. The van der Waals surface area contributed by atoms with Crippen LogP contribution in [0.5, 0.6) is 0 Å². The van der Waals surface area contributed by atoms with Crippen LogP contribution in [-0.2, 0) is 9.47 Å². The van der Waals surface area contributed by atoms with Crippen molar-refractivity contribution in [2.24, 2.45) is 10.2 Å². The molecule has 0 aliphatic carbocycles. The highest BCUT2D eigenvalue weighted by molar-refractivity contribution is 8.00. The fraction of sp³-hybridized carbons (Fsp3) is 1.00. The molecule has 0 aromatic rings. The summed E-state index contributed by atoms with van der Waals surface area (Å²) in [5, 5.41) is 66.0. The van der Waals surface area contributed by atoms with E-state index in [2.05, 4.69) is 20.1 Å². The largest absolute Gasteiger partial charge is 0.394 e. The summed E-state index contributed by atoms with van der Waals surface area (Å²) in [4.78, 5) is 5.11. The van der Waals surface area contributed by atoms with Crippen molar-refractivity contribution in [2.75, 3.05) is 13.2 Å². The van der Waals surface area contributed by atoms with E-state index < -0.39 is 72.8 Å². The number of rotatable bonds is 6. The zero-order valence-electron chi connectivity index (χ0n) is 13.8. The van der Waals surface area contributed by atoms with Crippen LogP contribution in [0.3, 0.4) is 0 Å². The highest BCUT2D eigenvalue weighted by atomic mass is 32.2. The molecule has 15 heteroatoms. The molecule has 2 rings (SSSR count). The maximum absolute atomic E-state index is 10.3. The molecule has 27 heavy (non-hydrogen) atoms. The lowest BCUT2D eigenvalue weighted by Crippen LogP contribution is -2.60. The molecule has 0 amide bonds. The number of ether oxygens (including phenoxy) is 2. The second kappa shape index (κ2) is 9.73. The third kappa shape index (κ3) is 4.56. The number of aliphatic hydroxyl groups is 6. The van der Waals surface area contributed by atoms with Crippen molar-refractivity contribution in [3.63, 3.8) is 0 Å². The Hall–Kier alpha value is -1.35. The molecule has 10 atom stereocenters. The highest BCUT2D eigenvalue weighted by Gasteiger charge is 2.49. The second-order valence-corrected chi connectivity index (χ2v) is 7.14. The van der Waals surface area contributed by atoms with Gasteiger partial charge < -0.3 is 40.1 Å². The molecule has 2 aliphatic rings. The molecular formula is C12H20N6O8S. The van der Waals surface area contributed by atoms with Gasteiger partial charge in [0.15, 0.2) is 0 Å². The molecule has 0 radical (unpaired) electrons. The van der Waals surface area contributed by atoms with Crippen LogP contribution in [0.2, 0.25) is 0 Å². The van der Waals surface area contributed by atoms with Gasteiger partial charge >= 0.3 is 0 Å². The average molecular weight is 408 g/mol. The number of thioether (sulfide) groups is 1. The topological polar surface area (TPSA) is 237 Å². The van der Waals surface area contributed by atoms with Gasteiger partial charge in [0.1, 0.15) is 35.3 Å². The Labute approximate surface area is 156 Å². The Morgan fingerprint density at radius 2 is 1.11 bits per heavy atom. The minimum Gasteiger partial charge on any atom is -0.394 e. The molecule has 6 N–H and O–H groups in total. The number of azide groups is 2. The van der Waals surface area contributed by atoms with Crippen molar-refractivity contribution in [2.45, 2.75) is 59.6 Å². The van der Waals surface area contributed by atoms with E-state index in [4.69, 9.17) is 20.5 Å². The molecule has 2 aliphatic heterocycles. The van der Waals surface area contributed by atoms with Crippen LogP contribution in [0.25, 0.3) is 20.9 Å². The van der Waals surface area contributed by atoms with Gasteiger partial charge in [0.25, 0.3) is 0 Å². The van der Waals surface area contributed by atoms with Crippen LogP contribution in [0.1, 0.15) is 0 Å². The van der Waals surface area contributed by atoms with E-state index in [1.54, 1.807) is 0 Å². The van der Waals surface area contributed by atoms with Crippen molar-refractivity contribution >= 4 is 11.8 Å². The van der Waals surface area contributed by atoms with Crippen LogP contribution in [0, 0.1) is 0 Å². The minimum atomic E-state index is -1.52. The van der Waals surface area contributed by atoms with E-state index in [-0.39, 0.29) is 0 Å². The SMILES string of the molecule is [N-]=[N+]=NC1[C@H](O)C(CO)O[C@H](S[C@@H]2OC(CO)[C@H](O)[C@H](N=[N+]=[N-])C2O)[C@@H]1O. The van der Waals surface area contributed by atoms with Crippen LogP contribution >= 0.6 is 11.8 Å². The Morgan fingerprint density at radius 3 is 1.41 bits per heavy atom. The second-order valence-electron chi connectivity index (χ2n) is 5.94. The molecule has 152 valence electrons. The van der Waals surface area contributed by atoms with Gasteiger partial charge in [-0.25, -0.2) is 0 Å². The van der Waals surface area contributed by atoms with Gasteiger partial charge in [-0.3, -0.25) is 0 Å². The van der Waals surface area contributed by atoms with Gasteiger partial charge in [0, 0.05) is 9.82 Å². The van der Waals surface area contributed by atoms with E-state index in [9.17, 15) is 30.6 Å². The summed E-state index contributed by atoms with van der Waals surface area (Å²) in [5.74, 6) is 0. The van der Waals surface area contributed by atoms with Crippen LogP contribution in [0.4, 0.5) is 0 Å². The summed E-state index contributed by atoms with van der Waals surface area (Å²) in [6, 6.07) is -2.66. The lowest BCUT2D eigenvalue weighted by molar-refractivity contribution is -0.170. The number of hydrogen-bond acceptors (Lipinski definition) is 11. The molecule has 2 fully saturated rings. The first-order valence-electron chi connectivity index (χ1n) is 7.88. The normalized spacial score (nSPS) is 44.8. The first kappa shape index (κ1) is 21.9. The summed E-state index contributed by atoms with van der Waals surface area (Å²) >= 11 is 0.704. The van der Waals surface area contributed by atoms with Crippen LogP contribution in [0.15, 0.2) is 10.2 Å². The fourth-order valence-electron chi connectivity index (χ4n) is 2.88. The monoisotopic (exact) mass is 408 g/mol. The number of nitrogens with zero attached hydrogens (tertiary/aromatic N) is 6. The smallest absolute Gasteiger partial charge is 0.132 e. The minimum absolute atomic E-state index is 0.629. The molecular weight excluding hydrogens is 388 g/mol. The van der Waals surface area contributed by atoms with Crippen molar-refractivity contribution in [3.05, 3.63) is 20.9 Å². The number of hydrogen-bond donors (Lipinski definition) is 6. The predicted molar refractivity (Wildman–Crippen MR) is 89.0 cm³/mol. The summed E-state index contributed by atoms with van der Waals surface area (Å²) in [6.07, 6.45) is -8.30. The molecule has 0 aromatic heterocycles. The molecule has 0 aromatic carbocycles. The van der Waals surface area contributed by atoms with Gasteiger partial charge in [0.05, 0.1) is 37.5 Å². The lowest BCUT2D eigenvalue weighted by Gasteiger charge is -2.44. The lowest BCUT2D eigenvalue weighted by atomic mass is 9.98.